The van der Waals surface area contributed by atoms with E-state index in [0.717, 1.165) is 0 Å². The van der Waals surface area contributed by atoms with Crippen LogP contribution < -0.4 is 0 Å². The third kappa shape index (κ3) is 1.56. The van der Waals surface area contributed by atoms with Gasteiger partial charge < -0.3 is 14.9 Å². The molecule has 0 aromatic rings. The van der Waals surface area contributed by atoms with Crippen LogP contribution >= 0.6 is 0 Å². The molecule has 19 heavy (non-hydrogen) atoms. The minimum Gasteiger partial charge on any atom is -0.426 e. The van der Waals surface area contributed by atoms with Crippen LogP contribution in [0.4, 0.5) is 0 Å². The van der Waals surface area contributed by atoms with Crippen molar-refractivity contribution in [3.8, 4) is 0 Å². The Balaban J connectivity index is 2.08. The number of fused-ring (bicyclic) bond motifs is 2. The predicted octanol–water partition coefficient (Wildman–Crippen LogP) is 1.68. The molecule has 0 unspecified atom stereocenters. The van der Waals surface area contributed by atoms with Gasteiger partial charge in [-0.3, -0.25) is 0 Å². The van der Waals surface area contributed by atoms with Gasteiger partial charge in [0.15, 0.2) is 0 Å². The Morgan fingerprint density at radius 1 is 1.42 bits per heavy atom. The quantitative estimate of drug-likeness (QED) is 0.516. The molecule has 1 aliphatic heterocycles. The molecule has 104 valence electrons. The maximum atomic E-state index is 11.7. The van der Waals surface area contributed by atoms with Crippen LogP contribution in [0.2, 0.25) is 0 Å². The van der Waals surface area contributed by atoms with Gasteiger partial charge >= 0.3 is 5.97 Å². The number of hydrogen-bond donors (Lipinski definition) is 2. The number of aliphatic hydroxyl groups excluding tert-OH is 1. The van der Waals surface area contributed by atoms with Gasteiger partial charge in [0, 0.05) is 23.0 Å². The van der Waals surface area contributed by atoms with Gasteiger partial charge in [-0.1, -0.05) is 18.6 Å². The van der Waals surface area contributed by atoms with Gasteiger partial charge in [-0.25, -0.2) is 4.79 Å². The highest BCUT2D eigenvalue weighted by Gasteiger charge is 2.59. The molecule has 0 amide bonds. The number of aliphatic hydroxyl groups is 2. The van der Waals surface area contributed by atoms with Gasteiger partial charge in [-0.2, -0.15) is 0 Å². The first-order valence-electron chi connectivity index (χ1n) is 6.78. The molecule has 4 atom stereocenters. The fourth-order valence-electron chi connectivity index (χ4n) is 3.98. The largest absolute Gasteiger partial charge is 0.426 e. The molecular weight excluding hydrogens is 244 g/mol. The maximum Gasteiger partial charge on any atom is 0.336 e. The summed E-state index contributed by atoms with van der Waals surface area (Å²) in [7, 11) is 0. The zero-order valence-corrected chi connectivity index (χ0v) is 11.6. The van der Waals surface area contributed by atoms with Crippen molar-refractivity contribution in [1.29, 1.82) is 0 Å². The molecule has 3 rings (SSSR count). The van der Waals surface area contributed by atoms with Crippen LogP contribution in [-0.4, -0.2) is 28.1 Å². The van der Waals surface area contributed by atoms with Crippen molar-refractivity contribution in [2.75, 3.05) is 0 Å². The molecule has 0 bridgehead atoms. The van der Waals surface area contributed by atoms with Gasteiger partial charge in [0.05, 0.1) is 6.10 Å². The van der Waals surface area contributed by atoms with Crippen LogP contribution in [-0.2, 0) is 9.53 Å². The SMILES string of the molecule is CC1=CC[C@@H](O)[C@]2(C)C[C@]3(O)OC(=O)C(C)=C3C[C@@H]12. The van der Waals surface area contributed by atoms with Crippen LogP contribution in [0.15, 0.2) is 22.8 Å². The second-order valence-electron chi connectivity index (χ2n) is 6.42. The van der Waals surface area contributed by atoms with Crippen molar-refractivity contribution in [2.45, 2.75) is 51.9 Å². The molecule has 3 aliphatic rings. The number of hydrogen-bond acceptors (Lipinski definition) is 4. The monoisotopic (exact) mass is 264 g/mol. The number of rotatable bonds is 0. The standard InChI is InChI=1S/C15H20O4/c1-8-4-5-12(16)14(3)7-15(18)11(6-10(8)14)9(2)13(17)19-15/h4,10,12,16,18H,5-7H2,1-3H3/t10-,12+,14+,15-/m0/s1. The normalized spacial score (nSPS) is 45.5. The van der Waals surface area contributed by atoms with Crippen LogP contribution in [0.1, 0.15) is 40.0 Å². The summed E-state index contributed by atoms with van der Waals surface area (Å²) in [6, 6.07) is 0. The van der Waals surface area contributed by atoms with E-state index in [2.05, 4.69) is 13.0 Å². The smallest absolute Gasteiger partial charge is 0.336 e. The van der Waals surface area contributed by atoms with Crippen molar-refractivity contribution in [3.63, 3.8) is 0 Å². The van der Waals surface area contributed by atoms with Gasteiger partial charge in [-0.15, -0.1) is 0 Å². The molecule has 2 aliphatic carbocycles. The highest BCUT2D eigenvalue weighted by atomic mass is 16.7. The first kappa shape index (κ1) is 12.9. The van der Waals surface area contributed by atoms with E-state index >= 15 is 0 Å². The molecule has 0 radical (unpaired) electrons. The lowest BCUT2D eigenvalue weighted by molar-refractivity contribution is -0.211. The Hall–Kier alpha value is -1.13. The molecule has 1 saturated carbocycles. The second-order valence-corrected chi connectivity index (χ2v) is 6.42. The van der Waals surface area contributed by atoms with Crippen LogP contribution in [0.5, 0.6) is 0 Å². The minimum absolute atomic E-state index is 0.163. The maximum absolute atomic E-state index is 11.7. The van der Waals surface area contributed by atoms with E-state index in [0.29, 0.717) is 24.0 Å². The topological polar surface area (TPSA) is 66.8 Å². The highest BCUT2D eigenvalue weighted by Crippen LogP contribution is 2.57. The first-order valence-corrected chi connectivity index (χ1v) is 6.78. The average Bonchev–Trinajstić information content (AvgIpc) is 2.53. The Morgan fingerprint density at radius 3 is 2.79 bits per heavy atom. The van der Waals surface area contributed by atoms with Crippen molar-refractivity contribution in [2.24, 2.45) is 11.3 Å². The molecule has 4 heteroatoms. The van der Waals surface area contributed by atoms with Crippen molar-refractivity contribution < 1.29 is 19.7 Å². The summed E-state index contributed by atoms with van der Waals surface area (Å²) in [5, 5.41) is 21.0. The summed E-state index contributed by atoms with van der Waals surface area (Å²) in [6.07, 6.45) is 3.02. The van der Waals surface area contributed by atoms with E-state index in [1.54, 1.807) is 6.92 Å². The predicted molar refractivity (Wildman–Crippen MR) is 69.0 cm³/mol. The molecule has 2 N–H and O–H groups in total. The third-order valence-electron chi connectivity index (χ3n) is 5.29. The minimum atomic E-state index is -1.51. The van der Waals surface area contributed by atoms with Crippen LogP contribution in [0.25, 0.3) is 0 Å². The van der Waals surface area contributed by atoms with Gasteiger partial charge in [-0.05, 0) is 32.6 Å². The van der Waals surface area contributed by atoms with Crippen molar-refractivity contribution in [3.05, 3.63) is 22.8 Å². The van der Waals surface area contributed by atoms with Crippen molar-refractivity contribution >= 4 is 5.97 Å². The number of ether oxygens (including phenoxy) is 1. The number of esters is 1. The lowest BCUT2D eigenvalue weighted by Gasteiger charge is -2.51. The Labute approximate surface area is 112 Å². The summed E-state index contributed by atoms with van der Waals surface area (Å²) >= 11 is 0. The summed E-state index contributed by atoms with van der Waals surface area (Å²) in [4.78, 5) is 11.7. The van der Waals surface area contributed by atoms with Crippen molar-refractivity contribution in [1.82, 2.24) is 0 Å². The van der Waals surface area contributed by atoms with E-state index in [4.69, 9.17) is 4.74 Å². The molecule has 0 saturated heterocycles. The second kappa shape index (κ2) is 3.70. The summed E-state index contributed by atoms with van der Waals surface area (Å²) in [5.41, 5.74) is 2.01. The van der Waals surface area contributed by atoms with Gasteiger partial charge in [0.25, 0.3) is 0 Å². The van der Waals surface area contributed by atoms with E-state index in [1.165, 1.54) is 5.57 Å². The van der Waals surface area contributed by atoms with Gasteiger partial charge in [0.1, 0.15) is 0 Å². The van der Waals surface area contributed by atoms with Gasteiger partial charge in [0.2, 0.25) is 5.79 Å². The summed E-state index contributed by atoms with van der Waals surface area (Å²) in [6.45, 7) is 5.75. The Bertz CT molecular complexity index is 518. The summed E-state index contributed by atoms with van der Waals surface area (Å²) < 4.78 is 5.17. The molecule has 0 aromatic heterocycles. The number of allylic oxidation sites excluding steroid dienone is 1. The fourth-order valence-corrected chi connectivity index (χ4v) is 3.98. The van der Waals surface area contributed by atoms with Crippen LogP contribution in [0.3, 0.4) is 0 Å². The van der Waals surface area contributed by atoms with E-state index in [-0.39, 0.29) is 12.3 Å². The van der Waals surface area contributed by atoms with E-state index in [1.807, 2.05) is 6.92 Å². The molecule has 0 aromatic carbocycles. The number of carbonyl (C=O) groups is 1. The zero-order chi connectivity index (χ0) is 14.0. The molecule has 1 fully saturated rings. The van der Waals surface area contributed by atoms with Crippen LogP contribution in [0, 0.1) is 11.3 Å². The number of carbonyl (C=O) groups excluding carboxylic acids is 1. The molecule has 0 spiro atoms. The lowest BCUT2D eigenvalue weighted by atomic mass is 9.56. The Kier molecular flexibility index (Phi) is 2.51. The Morgan fingerprint density at radius 2 is 2.11 bits per heavy atom. The lowest BCUT2D eigenvalue weighted by Crippen LogP contribution is -2.53. The summed E-state index contributed by atoms with van der Waals surface area (Å²) in [5.74, 6) is -1.78. The van der Waals surface area contributed by atoms with E-state index < -0.39 is 23.3 Å². The molecule has 1 heterocycles. The first-order chi connectivity index (χ1) is 8.78. The molecular formula is C15H20O4. The fraction of sp³-hybridized carbons (Fsp3) is 0.667. The zero-order valence-electron chi connectivity index (χ0n) is 11.6. The molecule has 4 nitrogen and oxygen atoms in total. The highest BCUT2D eigenvalue weighted by molar-refractivity contribution is 5.92. The van der Waals surface area contributed by atoms with E-state index in [9.17, 15) is 15.0 Å². The average molecular weight is 264 g/mol. The third-order valence-corrected chi connectivity index (χ3v) is 5.29.